The monoisotopic (exact) mass is 318 g/mol. The Morgan fingerprint density at radius 3 is 2.29 bits per heavy atom. The molecule has 0 saturated heterocycles. The fraction of sp³-hybridized carbons (Fsp3) is 0.100. The van der Waals surface area contributed by atoms with Gasteiger partial charge in [-0.3, -0.25) is 0 Å². The molecule has 0 atom stereocenters. The normalized spacial score (nSPS) is 13.3. The number of benzene rings is 3. The van der Waals surface area contributed by atoms with E-state index in [0.29, 0.717) is 12.0 Å². The molecule has 0 aromatic heterocycles. The van der Waals surface area contributed by atoms with Crippen LogP contribution in [0.1, 0.15) is 17.3 Å². The van der Waals surface area contributed by atoms with E-state index in [1.807, 2.05) is 30.3 Å². The molecule has 4 nitrogen and oxygen atoms in total. The van der Waals surface area contributed by atoms with E-state index in [-0.39, 0.29) is 17.7 Å². The predicted molar refractivity (Wildman–Crippen MR) is 97.6 cm³/mol. The van der Waals surface area contributed by atoms with E-state index in [0.717, 1.165) is 27.7 Å². The zero-order chi connectivity index (χ0) is 16.7. The van der Waals surface area contributed by atoms with E-state index in [2.05, 4.69) is 29.3 Å². The van der Waals surface area contributed by atoms with Crippen LogP contribution in [0.5, 0.6) is 11.5 Å². The van der Waals surface area contributed by atoms with Gasteiger partial charge in [0.2, 0.25) is 0 Å². The van der Waals surface area contributed by atoms with Crippen molar-refractivity contribution in [2.75, 3.05) is 10.6 Å². The third-order valence-electron chi connectivity index (χ3n) is 4.37. The molecule has 0 saturated carbocycles. The lowest BCUT2D eigenvalue weighted by molar-refractivity contribution is 0.397. The predicted octanol–water partition coefficient (Wildman–Crippen LogP) is 4.52. The van der Waals surface area contributed by atoms with E-state index in [1.165, 1.54) is 0 Å². The molecular weight excluding hydrogens is 300 g/mol. The zero-order valence-electron chi connectivity index (χ0n) is 13.1. The molecule has 0 unspecified atom stereocenters. The topological polar surface area (TPSA) is 64.5 Å². The van der Waals surface area contributed by atoms with Gasteiger partial charge in [0.15, 0.2) is 11.5 Å². The highest BCUT2D eigenvalue weighted by atomic mass is 16.3. The number of rotatable bonds is 3. The standard InChI is InChI=1S/C20H18N2O2/c1-2-5-12-10-14(19(24)17(23)11-12)20-21-15-8-3-6-13-7-4-9-16(22-20)18(13)15/h2-4,6-11,20-24H,1,5H2. The van der Waals surface area contributed by atoms with Crippen molar-refractivity contribution < 1.29 is 10.2 Å². The van der Waals surface area contributed by atoms with Crippen molar-refractivity contribution in [1.82, 2.24) is 0 Å². The smallest absolute Gasteiger partial charge is 0.164 e. The molecule has 120 valence electrons. The number of hydrogen-bond donors (Lipinski definition) is 4. The number of nitrogens with one attached hydrogen (secondary N) is 2. The average Bonchev–Trinajstić information content (AvgIpc) is 2.58. The Morgan fingerprint density at radius 1 is 1.00 bits per heavy atom. The van der Waals surface area contributed by atoms with Gasteiger partial charge in [0, 0.05) is 22.3 Å². The van der Waals surface area contributed by atoms with Crippen molar-refractivity contribution in [1.29, 1.82) is 0 Å². The van der Waals surface area contributed by atoms with Crippen LogP contribution in [0.25, 0.3) is 10.8 Å². The van der Waals surface area contributed by atoms with Crippen molar-refractivity contribution in [3.63, 3.8) is 0 Å². The highest BCUT2D eigenvalue weighted by Crippen LogP contribution is 2.42. The number of allylic oxidation sites excluding steroid dienone is 1. The summed E-state index contributed by atoms with van der Waals surface area (Å²) in [6.07, 6.45) is 2.06. The lowest BCUT2D eigenvalue weighted by Gasteiger charge is -2.30. The summed E-state index contributed by atoms with van der Waals surface area (Å²) in [7, 11) is 0. The van der Waals surface area contributed by atoms with Crippen molar-refractivity contribution in [3.05, 3.63) is 72.3 Å². The number of phenols is 2. The Morgan fingerprint density at radius 2 is 1.67 bits per heavy atom. The summed E-state index contributed by atoms with van der Waals surface area (Å²) in [5, 5.41) is 29.5. The van der Waals surface area contributed by atoms with Gasteiger partial charge in [0.25, 0.3) is 0 Å². The number of phenolic OH excluding ortho intramolecular Hbond substituents is 2. The minimum Gasteiger partial charge on any atom is -0.504 e. The first-order valence-corrected chi connectivity index (χ1v) is 7.88. The maximum atomic E-state index is 10.3. The van der Waals surface area contributed by atoms with Gasteiger partial charge < -0.3 is 20.8 Å². The Labute approximate surface area is 140 Å². The molecule has 4 rings (SSSR count). The second-order valence-corrected chi connectivity index (χ2v) is 5.98. The average molecular weight is 318 g/mol. The lowest BCUT2D eigenvalue weighted by atomic mass is 9.99. The van der Waals surface area contributed by atoms with E-state index in [4.69, 9.17) is 0 Å². The van der Waals surface area contributed by atoms with Gasteiger partial charge in [0.1, 0.15) is 6.17 Å². The molecule has 3 aromatic rings. The van der Waals surface area contributed by atoms with Crippen molar-refractivity contribution in [3.8, 4) is 11.5 Å². The fourth-order valence-corrected chi connectivity index (χ4v) is 3.29. The molecule has 0 spiro atoms. The Kier molecular flexibility index (Phi) is 3.31. The molecule has 1 heterocycles. The first kappa shape index (κ1) is 14.5. The van der Waals surface area contributed by atoms with Gasteiger partial charge in [-0.05, 0) is 41.6 Å². The quantitative estimate of drug-likeness (QED) is 0.424. The van der Waals surface area contributed by atoms with Crippen LogP contribution in [0.15, 0.2) is 61.2 Å². The molecule has 0 fully saturated rings. The molecule has 1 aliphatic rings. The lowest BCUT2D eigenvalue weighted by Crippen LogP contribution is -2.23. The molecule has 3 aromatic carbocycles. The van der Waals surface area contributed by atoms with Crippen molar-refractivity contribution in [2.24, 2.45) is 0 Å². The summed E-state index contributed by atoms with van der Waals surface area (Å²) in [4.78, 5) is 0. The third-order valence-corrected chi connectivity index (χ3v) is 4.37. The first-order chi connectivity index (χ1) is 11.7. The molecule has 24 heavy (non-hydrogen) atoms. The maximum absolute atomic E-state index is 10.3. The number of aromatic hydroxyl groups is 2. The summed E-state index contributed by atoms with van der Waals surface area (Å²) in [5.41, 5.74) is 3.51. The Hall–Kier alpha value is -3.14. The van der Waals surface area contributed by atoms with E-state index in [9.17, 15) is 10.2 Å². The minimum absolute atomic E-state index is 0.112. The zero-order valence-corrected chi connectivity index (χ0v) is 13.1. The maximum Gasteiger partial charge on any atom is 0.164 e. The van der Waals surface area contributed by atoms with Crippen LogP contribution in [0, 0.1) is 0 Å². The number of anilines is 2. The van der Waals surface area contributed by atoms with E-state index < -0.39 is 0 Å². The Bertz CT molecular complexity index is 909. The summed E-state index contributed by atoms with van der Waals surface area (Å²) >= 11 is 0. The van der Waals surface area contributed by atoms with E-state index >= 15 is 0 Å². The highest BCUT2D eigenvalue weighted by Gasteiger charge is 2.24. The van der Waals surface area contributed by atoms with Crippen LogP contribution < -0.4 is 10.6 Å². The van der Waals surface area contributed by atoms with Crippen LogP contribution in [0.4, 0.5) is 11.4 Å². The minimum atomic E-state index is -0.332. The summed E-state index contributed by atoms with van der Waals surface area (Å²) < 4.78 is 0. The van der Waals surface area contributed by atoms with E-state index in [1.54, 1.807) is 12.1 Å². The SMILES string of the molecule is C=CCc1cc(O)c(O)c(C2Nc3cccc4cccc(c34)N2)c1. The van der Waals surface area contributed by atoms with Gasteiger partial charge in [-0.25, -0.2) is 0 Å². The molecule has 0 aliphatic carbocycles. The number of hydrogen-bond acceptors (Lipinski definition) is 4. The third kappa shape index (κ3) is 2.24. The van der Waals surface area contributed by atoms with Crippen LogP contribution in [-0.4, -0.2) is 10.2 Å². The van der Waals surface area contributed by atoms with Gasteiger partial charge in [-0.2, -0.15) is 0 Å². The van der Waals surface area contributed by atoms with Crippen LogP contribution in [0.3, 0.4) is 0 Å². The van der Waals surface area contributed by atoms with Crippen molar-refractivity contribution in [2.45, 2.75) is 12.6 Å². The van der Waals surface area contributed by atoms with Gasteiger partial charge >= 0.3 is 0 Å². The molecule has 1 aliphatic heterocycles. The molecular formula is C20H18N2O2. The van der Waals surface area contributed by atoms with Crippen molar-refractivity contribution >= 4 is 22.1 Å². The second-order valence-electron chi connectivity index (χ2n) is 5.98. The van der Waals surface area contributed by atoms with Gasteiger partial charge in [-0.15, -0.1) is 6.58 Å². The molecule has 0 bridgehead atoms. The first-order valence-electron chi connectivity index (χ1n) is 7.88. The molecule has 0 radical (unpaired) electrons. The summed E-state index contributed by atoms with van der Waals surface area (Å²) in [5.74, 6) is -0.232. The van der Waals surface area contributed by atoms with Crippen LogP contribution in [0.2, 0.25) is 0 Å². The summed E-state index contributed by atoms with van der Waals surface area (Å²) in [6, 6.07) is 15.6. The highest BCUT2D eigenvalue weighted by molar-refractivity contribution is 6.04. The molecule has 4 N–H and O–H groups in total. The van der Waals surface area contributed by atoms with Gasteiger partial charge in [-0.1, -0.05) is 30.3 Å². The van der Waals surface area contributed by atoms with Gasteiger partial charge in [0.05, 0.1) is 0 Å². The Balaban J connectivity index is 1.81. The fourth-order valence-electron chi connectivity index (χ4n) is 3.29. The second kappa shape index (κ2) is 5.49. The summed E-state index contributed by atoms with van der Waals surface area (Å²) in [6.45, 7) is 3.73. The van der Waals surface area contributed by atoms with Crippen LogP contribution in [-0.2, 0) is 6.42 Å². The van der Waals surface area contributed by atoms with Crippen LogP contribution >= 0.6 is 0 Å². The molecule has 4 heteroatoms. The molecule has 0 amide bonds. The largest absolute Gasteiger partial charge is 0.504 e.